The Hall–Kier alpha value is -3.04. The zero-order valence-electron chi connectivity index (χ0n) is 17.4. The van der Waals surface area contributed by atoms with Gasteiger partial charge in [0.25, 0.3) is 0 Å². The summed E-state index contributed by atoms with van der Waals surface area (Å²) in [5.74, 6) is -2.12. The van der Waals surface area contributed by atoms with Crippen LogP contribution in [-0.4, -0.2) is 33.3 Å². The molecule has 9 heteroatoms. The smallest absolute Gasteiger partial charge is 0.309 e. The predicted octanol–water partition coefficient (Wildman–Crippen LogP) is 3.19. The van der Waals surface area contributed by atoms with Crippen molar-refractivity contribution in [3.63, 3.8) is 0 Å². The number of hydrogen-bond acceptors (Lipinski definition) is 5. The van der Waals surface area contributed by atoms with Gasteiger partial charge in [0.2, 0.25) is 0 Å². The predicted molar refractivity (Wildman–Crippen MR) is 122 cm³/mol. The molecule has 0 aliphatic rings. The number of halogens is 1. The second-order valence-corrected chi connectivity index (χ2v) is 10.3. The van der Waals surface area contributed by atoms with Gasteiger partial charge >= 0.3 is 11.8 Å². The molecule has 32 heavy (non-hydrogen) atoms. The first-order valence-electron chi connectivity index (χ1n) is 9.92. The molecule has 0 spiro atoms. The van der Waals surface area contributed by atoms with Crippen LogP contribution in [0, 0.1) is 12.7 Å². The summed E-state index contributed by atoms with van der Waals surface area (Å²) in [4.78, 5) is 25.1. The first-order chi connectivity index (χ1) is 15.3. The molecule has 6 nitrogen and oxygen atoms in total. The van der Waals surface area contributed by atoms with Crippen molar-refractivity contribution in [3.05, 3.63) is 87.9 Å². The van der Waals surface area contributed by atoms with Crippen LogP contribution in [-0.2, 0) is 25.8 Å². The van der Waals surface area contributed by atoms with E-state index in [1.807, 2.05) is 6.92 Å². The Morgan fingerprint density at radius 1 is 0.969 bits per heavy atom. The summed E-state index contributed by atoms with van der Waals surface area (Å²) in [5, 5.41) is 5.68. The molecule has 0 aliphatic heterocycles. The maximum atomic E-state index is 13.2. The van der Waals surface area contributed by atoms with Crippen LogP contribution in [0.2, 0.25) is 0 Å². The summed E-state index contributed by atoms with van der Waals surface area (Å²) >= 11 is 1.27. The molecule has 2 aromatic carbocycles. The molecule has 168 valence electrons. The quantitative estimate of drug-likeness (QED) is 0.491. The topological polar surface area (TPSA) is 92.3 Å². The zero-order valence-corrected chi connectivity index (χ0v) is 19.0. The second-order valence-electron chi connectivity index (χ2n) is 7.20. The van der Waals surface area contributed by atoms with E-state index in [4.69, 9.17) is 0 Å². The molecule has 0 bridgehead atoms. The van der Waals surface area contributed by atoms with Gasteiger partial charge < -0.3 is 10.6 Å². The van der Waals surface area contributed by atoms with Crippen molar-refractivity contribution in [2.24, 2.45) is 0 Å². The Morgan fingerprint density at radius 2 is 1.62 bits per heavy atom. The average Bonchev–Trinajstić information content (AvgIpc) is 3.29. The molecular formula is C23H23FN2O4S2. The normalized spacial score (nSPS) is 12.2. The first kappa shape index (κ1) is 23.6. The van der Waals surface area contributed by atoms with E-state index in [0.29, 0.717) is 11.3 Å². The Morgan fingerprint density at radius 3 is 2.25 bits per heavy atom. The van der Waals surface area contributed by atoms with Gasteiger partial charge in [-0.2, -0.15) is 0 Å². The van der Waals surface area contributed by atoms with Crippen molar-refractivity contribution in [2.75, 3.05) is 13.1 Å². The largest absolute Gasteiger partial charge is 0.348 e. The van der Waals surface area contributed by atoms with Gasteiger partial charge in [-0.15, -0.1) is 11.3 Å². The third kappa shape index (κ3) is 6.02. The van der Waals surface area contributed by atoms with Crippen molar-refractivity contribution in [3.8, 4) is 0 Å². The highest BCUT2D eigenvalue weighted by molar-refractivity contribution is 7.91. The van der Waals surface area contributed by atoms with Crippen molar-refractivity contribution >= 4 is 33.0 Å². The average molecular weight is 475 g/mol. The molecule has 2 amide bonds. The van der Waals surface area contributed by atoms with E-state index in [9.17, 15) is 22.4 Å². The molecule has 0 aliphatic carbocycles. The fourth-order valence-corrected chi connectivity index (χ4v) is 5.83. The number of nitrogens with one attached hydrogen (secondary N) is 2. The van der Waals surface area contributed by atoms with Crippen molar-refractivity contribution < 1.29 is 22.4 Å². The maximum absolute atomic E-state index is 13.2. The molecular weight excluding hydrogens is 451 g/mol. The van der Waals surface area contributed by atoms with Gasteiger partial charge in [-0.05, 0) is 54.6 Å². The number of hydrogen-bond donors (Lipinski definition) is 2. The summed E-state index contributed by atoms with van der Waals surface area (Å²) in [6.07, 6.45) is 0.429. The van der Waals surface area contributed by atoms with Gasteiger partial charge in [-0.1, -0.05) is 35.9 Å². The van der Waals surface area contributed by atoms with E-state index in [-0.39, 0.29) is 23.8 Å². The van der Waals surface area contributed by atoms with E-state index in [1.54, 1.807) is 41.8 Å². The van der Waals surface area contributed by atoms with E-state index in [1.165, 1.54) is 35.6 Å². The van der Waals surface area contributed by atoms with Crippen LogP contribution >= 0.6 is 11.3 Å². The lowest BCUT2D eigenvalue weighted by Gasteiger charge is -2.17. The fourth-order valence-electron chi connectivity index (χ4n) is 3.05. The number of sulfone groups is 1. The molecule has 0 fully saturated rings. The van der Waals surface area contributed by atoms with Crippen molar-refractivity contribution in [2.45, 2.75) is 23.5 Å². The van der Waals surface area contributed by atoms with Crippen molar-refractivity contribution in [1.29, 1.82) is 0 Å². The van der Waals surface area contributed by atoms with E-state index >= 15 is 0 Å². The van der Waals surface area contributed by atoms with E-state index < -0.39 is 26.9 Å². The Labute approximate surface area is 190 Å². The van der Waals surface area contributed by atoms with Crippen LogP contribution in [0.1, 0.15) is 21.3 Å². The van der Waals surface area contributed by atoms with Crippen molar-refractivity contribution in [1.82, 2.24) is 10.6 Å². The number of benzene rings is 2. The van der Waals surface area contributed by atoms with Gasteiger partial charge in [-0.25, -0.2) is 12.8 Å². The molecule has 0 saturated heterocycles. The molecule has 1 heterocycles. The summed E-state index contributed by atoms with van der Waals surface area (Å²) in [7, 11) is -3.79. The maximum Gasteiger partial charge on any atom is 0.309 e. The highest BCUT2D eigenvalue weighted by atomic mass is 32.2. The summed E-state index contributed by atoms with van der Waals surface area (Å²) in [6.45, 7) is 1.82. The summed E-state index contributed by atoms with van der Waals surface area (Å²) in [5.41, 5.74) is 1.75. The monoisotopic (exact) mass is 474 g/mol. The zero-order chi connectivity index (χ0) is 23.1. The lowest BCUT2D eigenvalue weighted by atomic mass is 10.1. The lowest BCUT2D eigenvalue weighted by molar-refractivity contribution is -0.139. The highest BCUT2D eigenvalue weighted by Gasteiger charge is 2.31. The molecule has 1 unspecified atom stereocenters. The molecule has 1 aromatic heterocycles. The number of thiophene rings is 1. The minimum atomic E-state index is -3.79. The van der Waals surface area contributed by atoms with Gasteiger partial charge in [-0.3, -0.25) is 9.59 Å². The molecule has 0 radical (unpaired) electrons. The Balaban J connectivity index is 1.61. The van der Waals surface area contributed by atoms with Gasteiger partial charge in [0.05, 0.1) is 4.90 Å². The number of carbonyl (C=O) groups is 2. The third-order valence-electron chi connectivity index (χ3n) is 4.85. The van der Waals surface area contributed by atoms with Gasteiger partial charge in [0, 0.05) is 18.0 Å². The van der Waals surface area contributed by atoms with Crippen LogP contribution in [0.15, 0.2) is 70.9 Å². The minimum absolute atomic E-state index is 0.152. The second kappa shape index (κ2) is 10.5. The molecule has 0 saturated carbocycles. The fraction of sp³-hybridized carbons (Fsp3) is 0.217. The SMILES string of the molecule is Cc1ccc(S(=O)(=O)C(CNC(=O)C(=O)NCCc2ccc(F)cc2)c2cccs2)cc1. The molecule has 1 atom stereocenters. The van der Waals surface area contributed by atoms with Crippen LogP contribution in [0.5, 0.6) is 0 Å². The van der Waals surface area contributed by atoms with E-state index in [0.717, 1.165) is 11.1 Å². The number of rotatable bonds is 8. The molecule has 3 rings (SSSR count). The summed E-state index contributed by atoms with van der Waals surface area (Å²) < 4.78 is 39.4. The Bertz CT molecular complexity index is 1160. The molecule has 3 aromatic rings. The van der Waals surface area contributed by atoms with Crippen LogP contribution in [0.25, 0.3) is 0 Å². The highest BCUT2D eigenvalue weighted by Crippen LogP contribution is 2.31. The number of carbonyl (C=O) groups excluding carboxylic acids is 2. The van der Waals surface area contributed by atoms with Gasteiger partial charge in [0.15, 0.2) is 9.84 Å². The van der Waals surface area contributed by atoms with Crippen LogP contribution in [0.3, 0.4) is 0 Å². The Kier molecular flexibility index (Phi) is 7.76. The summed E-state index contributed by atoms with van der Waals surface area (Å²) in [6, 6.07) is 15.8. The van der Waals surface area contributed by atoms with Crippen LogP contribution in [0.4, 0.5) is 4.39 Å². The first-order valence-corrected chi connectivity index (χ1v) is 12.3. The lowest BCUT2D eigenvalue weighted by Crippen LogP contribution is -2.42. The van der Waals surface area contributed by atoms with Gasteiger partial charge in [0.1, 0.15) is 11.1 Å². The standard InChI is InChI=1S/C23H23FN2O4S2/c1-16-4-10-19(11-5-16)32(29,30)21(20-3-2-14-31-20)15-26-23(28)22(27)25-13-12-17-6-8-18(24)9-7-17/h2-11,14,21H,12-13,15H2,1H3,(H,25,27)(H,26,28). The molecule has 2 N–H and O–H groups in total. The third-order valence-corrected chi connectivity index (χ3v) is 8.09. The van der Waals surface area contributed by atoms with E-state index in [2.05, 4.69) is 10.6 Å². The minimum Gasteiger partial charge on any atom is -0.348 e. The number of amides is 2. The number of aryl methyl sites for hydroxylation is 1. The van der Waals surface area contributed by atoms with Crippen LogP contribution < -0.4 is 10.6 Å².